The standard InChI is InChI=1S/C21H33O5P/c1-20(2,3)15-11-14(12-16(19(15)26)21(4,5)6)13-27(9-7-17(22)23)10-8-18(24)25/h11-12,26H,7-10,13H2,1-6H3,(H,22,23)(H,24,25). The van der Waals surface area contributed by atoms with Gasteiger partial charge in [0.15, 0.2) is 0 Å². The maximum absolute atomic E-state index is 11.0. The Morgan fingerprint density at radius 1 is 0.852 bits per heavy atom. The SMILES string of the molecule is CC(C)(C)c1cc(CP(CCC(=O)O)CCC(=O)O)cc(C(C)(C)C)c1O. The van der Waals surface area contributed by atoms with Crippen LogP contribution in [0.3, 0.4) is 0 Å². The van der Waals surface area contributed by atoms with E-state index in [1.807, 2.05) is 12.1 Å². The van der Waals surface area contributed by atoms with Gasteiger partial charge in [0, 0.05) is 12.8 Å². The minimum Gasteiger partial charge on any atom is -0.507 e. The molecule has 0 amide bonds. The molecule has 152 valence electrons. The summed E-state index contributed by atoms with van der Waals surface area (Å²) in [5.74, 6) is -1.39. The van der Waals surface area contributed by atoms with E-state index in [0.717, 1.165) is 16.7 Å². The van der Waals surface area contributed by atoms with Crippen LogP contribution in [0.1, 0.15) is 71.1 Å². The van der Waals surface area contributed by atoms with Crippen molar-refractivity contribution in [3.05, 3.63) is 28.8 Å². The zero-order valence-electron chi connectivity index (χ0n) is 17.3. The molecular formula is C21H33O5P. The molecule has 0 aliphatic carbocycles. The molecule has 0 atom stereocenters. The largest absolute Gasteiger partial charge is 0.507 e. The molecule has 1 aromatic rings. The Kier molecular flexibility index (Phi) is 7.86. The van der Waals surface area contributed by atoms with Crippen LogP contribution in [0, 0.1) is 0 Å². The van der Waals surface area contributed by atoms with Crippen molar-refractivity contribution in [3.63, 3.8) is 0 Å². The first-order valence-electron chi connectivity index (χ1n) is 9.24. The molecule has 0 spiro atoms. The van der Waals surface area contributed by atoms with Crippen molar-refractivity contribution >= 4 is 19.9 Å². The number of phenolic OH excluding ortho intramolecular Hbond substituents is 1. The molecule has 0 bridgehead atoms. The van der Waals surface area contributed by atoms with Gasteiger partial charge in [0.2, 0.25) is 0 Å². The van der Waals surface area contributed by atoms with Gasteiger partial charge in [0.1, 0.15) is 5.75 Å². The summed E-state index contributed by atoms with van der Waals surface area (Å²) < 4.78 is 0. The van der Waals surface area contributed by atoms with E-state index in [0.29, 0.717) is 24.2 Å². The zero-order valence-corrected chi connectivity index (χ0v) is 18.2. The summed E-state index contributed by atoms with van der Waals surface area (Å²) in [6, 6.07) is 4.00. The predicted octanol–water partition coefficient (Wildman–Crippen LogP) is 4.92. The quantitative estimate of drug-likeness (QED) is 0.542. The maximum Gasteiger partial charge on any atom is 0.303 e. The smallest absolute Gasteiger partial charge is 0.303 e. The van der Waals surface area contributed by atoms with Gasteiger partial charge in [0.05, 0.1) is 0 Å². The lowest BCUT2D eigenvalue weighted by Gasteiger charge is -2.29. The number of aromatic hydroxyl groups is 1. The van der Waals surface area contributed by atoms with Crippen LogP contribution in [-0.2, 0) is 26.6 Å². The van der Waals surface area contributed by atoms with E-state index in [4.69, 9.17) is 10.2 Å². The molecule has 0 fully saturated rings. The van der Waals surface area contributed by atoms with E-state index in [2.05, 4.69) is 41.5 Å². The number of carboxylic acid groups (broad SMARTS) is 2. The maximum atomic E-state index is 11.0. The third-order valence-electron chi connectivity index (χ3n) is 4.48. The summed E-state index contributed by atoms with van der Waals surface area (Å²) in [4.78, 5) is 21.9. The molecule has 0 aliphatic rings. The first-order valence-corrected chi connectivity index (χ1v) is 11.1. The second kappa shape index (κ2) is 9.05. The van der Waals surface area contributed by atoms with Gasteiger partial charge in [-0.15, -0.1) is 7.92 Å². The van der Waals surface area contributed by atoms with Crippen LogP contribution in [0.4, 0.5) is 0 Å². The fourth-order valence-corrected chi connectivity index (χ4v) is 5.22. The highest BCUT2D eigenvalue weighted by Crippen LogP contribution is 2.45. The Hall–Kier alpha value is -1.61. The molecule has 27 heavy (non-hydrogen) atoms. The van der Waals surface area contributed by atoms with Gasteiger partial charge in [-0.3, -0.25) is 9.59 Å². The summed E-state index contributed by atoms with van der Waals surface area (Å²) in [5, 5.41) is 28.8. The van der Waals surface area contributed by atoms with Gasteiger partial charge in [-0.05, 0) is 46.0 Å². The predicted molar refractivity (Wildman–Crippen MR) is 110 cm³/mol. The Morgan fingerprint density at radius 3 is 1.52 bits per heavy atom. The summed E-state index contributed by atoms with van der Waals surface area (Å²) in [6.07, 6.45) is 1.80. The number of aliphatic carboxylic acids is 2. The van der Waals surface area contributed by atoms with Crippen molar-refractivity contribution in [2.45, 2.75) is 71.4 Å². The molecule has 0 aliphatic heterocycles. The second-order valence-corrected chi connectivity index (χ2v) is 11.7. The lowest BCUT2D eigenvalue weighted by atomic mass is 9.78. The first kappa shape index (κ1) is 23.4. The van der Waals surface area contributed by atoms with Crippen LogP contribution in [0.25, 0.3) is 0 Å². The Morgan fingerprint density at radius 2 is 1.22 bits per heavy atom. The van der Waals surface area contributed by atoms with Crippen LogP contribution in [0.15, 0.2) is 12.1 Å². The molecular weight excluding hydrogens is 363 g/mol. The van der Waals surface area contributed by atoms with Gasteiger partial charge < -0.3 is 15.3 Å². The minimum absolute atomic E-state index is 0.0572. The van der Waals surface area contributed by atoms with Crippen molar-refractivity contribution < 1.29 is 24.9 Å². The second-order valence-electron chi connectivity index (χ2n) is 9.10. The number of carboxylic acids is 2. The summed E-state index contributed by atoms with van der Waals surface area (Å²) in [6.45, 7) is 12.3. The topological polar surface area (TPSA) is 94.8 Å². The van der Waals surface area contributed by atoms with Gasteiger partial charge >= 0.3 is 11.9 Å². The van der Waals surface area contributed by atoms with Crippen molar-refractivity contribution in [2.24, 2.45) is 0 Å². The highest BCUT2D eigenvalue weighted by Gasteiger charge is 2.27. The average Bonchev–Trinajstić information content (AvgIpc) is 2.48. The molecule has 0 unspecified atom stereocenters. The number of rotatable bonds is 8. The number of hydrogen-bond donors (Lipinski definition) is 3. The van der Waals surface area contributed by atoms with Crippen LogP contribution < -0.4 is 0 Å². The van der Waals surface area contributed by atoms with E-state index in [9.17, 15) is 14.7 Å². The van der Waals surface area contributed by atoms with Crippen LogP contribution in [-0.4, -0.2) is 39.6 Å². The average molecular weight is 396 g/mol. The molecule has 0 saturated heterocycles. The molecule has 5 nitrogen and oxygen atoms in total. The fraction of sp³-hybridized carbons (Fsp3) is 0.619. The summed E-state index contributed by atoms with van der Waals surface area (Å²) in [7, 11) is -0.751. The Balaban J connectivity index is 3.27. The minimum atomic E-state index is -0.853. The van der Waals surface area contributed by atoms with E-state index >= 15 is 0 Å². The van der Waals surface area contributed by atoms with Gasteiger partial charge in [-0.1, -0.05) is 53.7 Å². The molecule has 1 rings (SSSR count). The molecule has 3 N–H and O–H groups in total. The Bertz CT molecular complexity index is 630. The molecule has 0 heterocycles. The first-order chi connectivity index (χ1) is 12.2. The van der Waals surface area contributed by atoms with Crippen LogP contribution in [0.2, 0.25) is 0 Å². The van der Waals surface area contributed by atoms with Crippen molar-refractivity contribution in [1.29, 1.82) is 0 Å². The van der Waals surface area contributed by atoms with Gasteiger partial charge in [0.25, 0.3) is 0 Å². The number of hydrogen-bond acceptors (Lipinski definition) is 3. The zero-order chi connectivity index (χ0) is 21.0. The fourth-order valence-electron chi connectivity index (χ4n) is 2.96. The monoisotopic (exact) mass is 396 g/mol. The number of carbonyl (C=O) groups is 2. The highest BCUT2D eigenvalue weighted by molar-refractivity contribution is 7.56. The number of benzene rings is 1. The molecule has 0 radical (unpaired) electrons. The van der Waals surface area contributed by atoms with E-state index in [-0.39, 0.29) is 23.7 Å². The highest BCUT2D eigenvalue weighted by atomic mass is 31.1. The molecule has 0 aromatic heterocycles. The van der Waals surface area contributed by atoms with Gasteiger partial charge in [-0.2, -0.15) is 0 Å². The lowest BCUT2D eigenvalue weighted by molar-refractivity contribution is -0.137. The Labute approximate surface area is 163 Å². The summed E-state index contributed by atoms with van der Waals surface area (Å²) >= 11 is 0. The van der Waals surface area contributed by atoms with Crippen LogP contribution in [0.5, 0.6) is 5.75 Å². The number of phenols is 1. The summed E-state index contributed by atoms with van der Waals surface area (Å²) in [5.41, 5.74) is 2.33. The lowest BCUT2D eigenvalue weighted by Crippen LogP contribution is -2.18. The molecule has 0 saturated carbocycles. The van der Waals surface area contributed by atoms with Crippen molar-refractivity contribution in [3.8, 4) is 5.75 Å². The molecule has 1 aromatic carbocycles. The van der Waals surface area contributed by atoms with E-state index in [1.165, 1.54) is 0 Å². The molecule has 6 heteroatoms. The normalized spacial score (nSPS) is 12.4. The van der Waals surface area contributed by atoms with Crippen LogP contribution >= 0.6 is 7.92 Å². The van der Waals surface area contributed by atoms with Crippen molar-refractivity contribution in [1.82, 2.24) is 0 Å². The van der Waals surface area contributed by atoms with E-state index < -0.39 is 19.9 Å². The van der Waals surface area contributed by atoms with Crippen molar-refractivity contribution in [2.75, 3.05) is 12.3 Å². The van der Waals surface area contributed by atoms with Gasteiger partial charge in [-0.25, -0.2) is 0 Å². The van der Waals surface area contributed by atoms with E-state index in [1.54, 1.807) is 0 Å². The third kappa shape index (κ3) is 7.50. The third-order valence-corrected chi connectivity index (χ3v) is 7.00.